The fourth-order valence-corrected chi connectivity index (χ4v) is 3.22. The van der Waals surface area contributed by atoms with Gasteiger partial charge in [-0.15, -0.1) is 0 Å². The monoisotopic (exact) mass is 292 g/mol. The fourth-order valence-electron chi connectivity index (χ4n) is 1.91. The van der Waals surface area contributed by atoms with E-state index < -0.39 is 32.1 Å². The van der Waals surface area contributed by atoms with Crippen LogP contribution in [0.25, 0.3) is 0 Å². The first-order valence-electron chi connectivity index (χ1n) is 5.98. The summed E-state index contributed by atoms with van der Waals surface area (Å²) in [5.74, 6) is -2.12. The predicted octanol–water partition coefficient (Wildman–Crippen LogP) is 2.79. The topological polar surface area (TPSA) is 51.2 Å². The molecule has 0 aliphatic carbocycles. The summed E-state index contributed by atoms with van der Waals surface area (Å²) < 4.78 is 37.7. The zero-order valence-corrected chi connectivity index (χ0v) is 11.7. The molecule has 0 heterocycles. The van der Waals surface area contributed by atoms with E-state index in [1.807, 2.05) is 0 Å². The zero-order chi connectivity index (χ0) is 14.8. The van der Waals surface area contributed by atoms with Crippen LogP contribution in [0.1, 0.15) is 15.9 Å². The maximum atomic E-state index is 13.5. The number of ketones is 1. The van der Waals surface area contributed by atoms with Crippen molar-refractivity contribution in [1.29, 1.82) is 0 Å². The summed E-state index contributed by atoms with van der Waals surface area (Å²) in [4.78, 5) is 11.6. The van der Waals surface area contributed by atoms with E-state index in [2.05, 4.69) is 0 Å². The SMILES string of the molecule is Cc1ccccc1C(=O)CS(=O)(=O)c1ccccc1F. The molecule has 0 atom stereocenters. The average Bonchev–Trinajstić information content (AvgIpc) is 2.38. The van der Waals surface area contributed by atoms with Crippen LogP contribution < -0.4 is 0 Å². The molecule has 0 saturated heterocycles. The molecule has 2 aromatic rings. The van der Waals surface area contributed by atoms with E-state index in [1.165, 1.54) is 12.1 Å². The van der Waals surface area contributed by atoms with Gasteiger partial charge in [-0.2, -0.15) is 0 Å². The van der Waals surface area contributed by atoms with Crippen LogP contribution in [0.3, 0.4) is 0 Å². The summed E-state index contributed by atoms with van der Waals surface area (Å²) >= 11 is 0. The minimum absolute atomic E-state index is 0.340. The van der Waals surface area contributed by atoms with Gasteiger partial charge >= 0.3 is 0 Å². The molecule has 2 rings (SSSR count). The third-order valence-electron chi connectivity index (χ3n) is 2.94. The Hall–Kier alpha value is -2.01. The van der Waals surface area contributed by atoms with Gasteiger partial charge < -0.3 is 0 Å². The van der Waals surface area contributed by atoms with E-state index in [-0.39, 0.29) is 0 Å². The number of Topliss-reactive ketones (excluding diaryl/α,β-unsaturated/α-hetero) is 1. The van der Waals surface area contributed by atoms with Gasteiger partial charge in [0.2, 0.25) is 0 Å². The van der Waals surface area contributed by atoms with Crippen LogP contribution in [-0.2, 0) is 9.84 Å². The summed E-state index contributed by atoms with van der Waals surface area (Å²) in [6, 6.07) is 11.8. The van der Waals surface area contributed by atoms with Crippen molar-refractivity contribution in [1.82, 2.24) is 0 Å². The smallest absolute Gasteiger partial charge is 0.188 e. The molecule has 104 valence electrons. The Morgan fingerprint density at radius 1 is 1.05 bits per heavy atom. The fraction of sp³-hybridized carbons (Fsp3) is 0.133. The molecule has 0 aromatic heterocycles. The van der Waals surface area contributed by atoms with E-state index >= 15 is 0 Å². The van der Waals surface area contributed by atoms with Gasteiger partial charge in [-0.1, -0.05) is 36.4 Å². The van der Waals surface area contributed by atoms with Crippen LogP contribution in [-0.4, -0.2) is 20.0 Å². The third kappa shape index (κ3) is 2.93. The highest BCUT2D eigenvalue weighted by molar-refractivity contribution is 7.92. The minimum Gasteiger partial charge on any atom is -0.293 e. The van der Waals surface area contributed by atoms with Crippen molar-refractivity contribution in [2.45, 2.75) is 11.8 Å². The van der Waals surface area contributed by atoms with Crippen molar-refractivity contribution in [2.75, 3.05) is 5.75 Å². The van der Waals surface area contributed by atoms with Crippen LogP contribution in [0.15, 0.2) is 53.4 Å². The second-order valence-corrected chi connectivity index (χ2v) is 6.39. The molecule has 2 aromatic carbocycles. The first-order valence-corrected chi connectivity index (χ1v) is 7.63. The van der Waals surface area contributed by atoms with Gasteiger partial charge in [0.1, 0.15) is 16.5 Å². The van der Waals surface area contributed by atoms with Crippen molar-refractivity contribution in [3.8, 4) is 0 Å². The average molecular weight is 292 g/mol. The molecule has 0 fully saturated rings. The van der Waals surface area contributed by atoms with Gasteiger partial charge in [-0.05, 0) is 24.6 Å². The predicted molar refractivity (Wildman–Crippen MR) is 74.0 cm³/mol. The first-order chi connectivity index (χ1) is 9.42. The summed E-state index contributed by atoms with van der Waals surface area (Å²) in [7, 11) is -3.98. The first kappa shape index (κ1) is 14.4. The number of benzene rings is 2. The highest BCUT2D eigenvalue weighted by Crippen LogP contribution is 2.17. The number of halogens is 1. The number of sulfone groups is 1. The lowest BCUT2D eigenvalue weighted by Crippen LogP contribution is -2.18. The lowest BCUT2D eigenvalue weighted by atomic mass is 10.1. The molecule has 0 aliphatic heterocycles. The number of hydrogen-bond acceptors (Lipinski definition) is 3. The van der Waals surface area contributed by atoms with Gasteiger partial charge in [0.15, 0.2) is 15.6 Å². The van der Waals surface area contributed by atoms with E-state index in [1.54, 1.807) is 31.2 Å². The highest BCUT2D eigenvalue weighted by atomic mass is 32.2. The van der Waals surface area contributed by atoms with Gasteiger partial charge in [0.25, 0.3) is 0 Å². The summed E-state index contributed by atoms with van der Waals surface area (Å²) in [6.45, 7) is 1.73. The molecule has 0 saturated carbocycles. The van der Waals surface area contributed by atoms with E-state index in [9.17, 15) is 17.6 Å². The highest BCUT2D eigenvalue weighted by Gasteiger charge is 2.23. The van der Waals surface area contributed by atoms with Crippen LogP contribution in [0.2, 0.25) is 0 Å². The zero-order valence-electron chi connectivity index (χ0n) is 10.8. The lowest BCUT2D eigenvalue weighted by Gasteiger charge is -2.07. The Labute approximate surface area is 117 Å². The third-order valence-corrected chi connectivity index (χ3v) is 4.58. The molecule has 0 amide bonds. The molecule has 3 nitrogen and oxygen atoms in total. The summed E-state index contributed by atoms with van der Waals surface area (Å²) in [6.07, 6.45) is 0. The molecule has 0 N–H and O–H groups in total. The maximum absolute atomic E-state index is 13.5. The molecule has 5 heteroatoms. The number of carbonyl (C=O) groups is 1. The molecule has 20 heavy (non-hydrogen) atoms. The maximum Gasteiger partial charge on any atom is 0.188 e. The molecule has 0 spiro atoms. The molecule has 0 aliphatic rings. The molecule has 0 unspecified atom stereocenters. The van der Waals surface area contributed by atoms with E-state index in [0.29, 0.717) is 11.1 Å². The van der Waals surface area contributed by atoms with E-state index in [0.717, 1.165) is 12.1 Å². The Kier molecular flexibility index (Phi) is 3.99. The lowest BCUT2D eigenvalue weighted by molar-refractivity contribution is 0.102. The Morgan fingerprint density at radius 2 is 1.65 bits per heavy atom. The minimum atomic E-state index is -3.98. The Bertz CT molecular complexity index is 751. The van der Waals surface area contributed by atoms with Crippen LogP contribution in [0.4, 0.5) is 4.39 Å². The molecular formula is C15H13FO3S. The molecule has 0 bridgehead atoms. The van der Waals surface area contributed by atoms with Crippen molar-refractivity contribution in [2.24, 2.45) is 0 Å². The number of aryl methyl sites for hydroxylation is 1. The van der Waals surface area contributed by atoms with Crippen LogP contribution in [0, 0.1) is 12.7 Å². The number of carbonyl (C=O) groups excluding carboxylic acids is 1. The number of rotatable bonds is 4. The second-order valence-electron chi connectivity index (χ2n) is 4.43. The second kappa shape index (κ2) is 5.54. The van der Waals surface area contributed by atoms with Gasteiger partial charge in [0, 0.05) is 5.56 Å². The van der Waals surface area contributed by atoms with Crippen molar-refractivity contribution < 1.29 is 17.6 Å². The standard InChI is InChI=1S/C15H13FO3S/c1-11-6-2-3-7-12(11)14(17)10-20(18,19)15-9-5-4-8-13(15)16/h2-9H,10H2,1H3. The molecular weight excluding hydrogens is 279 g/mol. The van der Waals surface area contributed by atoms with Crippen molar-refractivity contribution in [3.63, 3.8) is 0 Å². The van der Waals surface area contributed by atoms with Gasteiger partial charge in [0.05, 0.1) is 0 Å². The quantitative estimate of drug-likeness (QED) is 0.814. The van der Waals surface area contributed by atoms with Crippen molar-refractivity contribution >= 4 is 15.6 Å². The summed E-state index contributed by atoms with van der Waals surface area (Å²) in [5.41, 5.74) is 1.04. The van der Waals surface area contributed by atoms with Crippen LogP contribution >= 0.6 is 0 Å². The largest absolute Gasteiger partial charge is 0.293 e. The summed E-state index contributed by atoms with van der Waals surface area (Å²) in [5, 5.41) is 0. The van der Waals surface area contributed by atoms with Gasteiger partial charge in [-0.3, -0.25) is 4.79 Å². The normalized spacial score (nSPS) is 11.3. The Balaban J connectivity index is 2.33. The van der Waals surface area contributed by atoms with Gasteiger partial charge in [-0.25, -0.2) is 12.8 Å². The van der Waals surface area contributed by atoms with Crippen molar-refractivity contribution in [3.05, 3.63) is 65.5 Å². The number of hydrogen-bond donors (Lipinski definition) is 0. The van der Waals surface area contributed by atoms with E-state index in [4.69, 9.17) is 0 Å². The Morgan fingerprint density at radius 3 is 2.30 bits per heavy atom. The molecule has 0 radical (unpaired) electrons. The van der Waals surface area contributed by atoms with Crippen LogP contribution in [0.5, 0.6) is 0 Å².